The molecule has 0 aromatic carbocycles. The zero-order valence-corrected chi connectivity index (χ0v) is 28.3. The van der Waals surface area contributed by atoms with Crippen molar-refractivity contribution in [3.05, 3.63) is 0 Å². The number of carboxylic acids is 1. The second-order valence-electron chi connectivity index (χ2n) is 13.3. The average Bonchev–Trinajstić information content (AvgIpc) is 3.07. The Morgan fingerprint density at radius 2 is 1.12 bits per heavy atom. The lowest BCUT2D eigenvalue weighted by molar-refractivity contribution is -0.394. The van der Waals surface area contributed by atoms with Crippen LogP contribution in [0.25, 0.3) is 0 Å². The lowest BCUT2D eigenvalue weighted by Crippen LogP contribution is -2.66. The van der Waals surface area contributed by atoms with Gasteiger partial charge in [0.15, 0.2) is 18.9 Å². The van der Waals surface area contributed by atoms with Crippen LogP contribution in [-0.4, -0.2) is 168 Å². The number of hydrogen-bond acceptors (Lipinski definition) is 16. The van der Waals surface area contributed by atoms with Crippen molar-refractivity contribution in [2.45, 2.75) is 183 Å². The summed E-state index contributed by atoms with van der Waals surface area (Å²) >= 11 is 0. The Bertz CT molecular complexity index is 945. The summed E-state index contributed by atoms with van der Waals surface area (Å²) < 4.78 is 35.2. The van der Waals surface area contributed by atoms with Crippen LogP contribution in [0.5, 0.6) is 0 Å². The van der Waals surface area contributed by atoms with E-state index in [1.54, 1.807) is 0 Å². The van der Waals surface area contributed by atoms with Crippen molar-refractivity contribution < 1.29 is 84.3 Å². The molecule has 0 aromatic heterocycles. The third-order valence-electron chi connectivity index (χ3n) is 9.39. The van der Waals surface area contributed by atoms with E-state index in [1.165, 1.54) is 6.92 Å². The van der Waals surface area contributed by atoms with Crippen LogP contribution in [0, 0.1) is 0 Å². The van der Waals surface area contributed by atoms with E-state index in [9.17, 15) is 50.8 Å². The molecule has 0 bridgehead atoms. The van der Waals surface area contributed by atoms with Crippen LogP contribution in [0.4, 0.5) is 0 Å². The molecule has 0 radical (unpaired) electrons. The van der Waals surface area contributed by atoms with Gasteiger partial charge in [-0.1, -0.05) is 51.9 Å². The highest BCUT2D eigenvalue weighted by molar-refractivity contribution is 5.66. The molecule has 17 heteroatoms. The minimum atomic E-state index is -1.81. The van der Waals surface area contributed by atoms with Gasteiger partial charge in [0.25, 0.3) is 0 Å². The van der Waals surface area contributed by atoms with Gasteiger partial charge in [-0.25, -0.2) is 0 Å². The van der Waals surface area contributed by atoms with E-state index in [4.69, 9.17) is 33.5 Å². The maximum Gasteiger partial charge on any atom is 0.303 e. The van der Waals surface area contributed by atoms with Gasteiger partial charge in [-0.3, -0.25) is 4.79 Å². The van der Waals surface area contributed by atoms with Gasteiger partial charge >= 0.3 is 5.97 Å². The van der Waals surface area contributed by atoms with Gasteiger partial charge in [0.1, 0.15) is 67.1 Å². The predicted molar refractivity (Wildman–Crippen MR) is 167 cm³/mol. The molecule has 288 valence electrons. The smallest absolute Gasteiger partial charge is 0.303 e. The first-order valence-electron chi connectivity index (χ1n) is 17.5. The summed E-state index contributed by atoms with van der Waals surface area (Å²) in [5, 5.41) is 103. The quantitative estimate of drug-likeness (QED) is 0.0626. The molecule has 10 N–H and O–H groups in total. The molecule has 16 atom stereocenters. The van der Waals surface area contributed by atoms with Crippen molar-refractivity contribution in [2.75, 3.05) is 13.2 Å². The van der Waals surface area contributed by atoms with Crippen LogP contribution in [0.2, 0.25) is 0 Å². The maximum absolute atomic E-state index is 11.2. The standard InChI is InChI=1S/C32H58O17/c1-3-11-17(12-9-7-5-4-6-8-10-13-20(35)36)45-31-28(25(41)22(38)18(14-33)46-31)49-32-29(26(42)23(39)19(15-34)47-32)48-30-27(43)24(40)21(37)16(2)44-30/h16-19,21-34,37-43H,3-15H2,1-2H3,(H,35,36). The molecule has 3 saturated heterocycles. The summed E-state index contributed by atoms with van der Waals surface area (Å²) in [5.41, 5.74) is 0. The molecule has 0 aromatic rings. The fraction of sp³-hybridized carbons (Fsp3) is 0.969. The van der Waals surface area contributed by atoms with Crippen LogP contribution in [0.1, 0.15) is 84.5 Å². The first-order valence-corrected chi connectivity index (χ1v) is 17.5. The van der Waals surface area contributed by atoms with Gasteiger partial charge in [0.05, 0.1) is 25.4 Å². The minimum Gasteiger partial charge on any atom is -0.481 e. The molecule has 0 aliphatic carbocycles. The molecule has 3 aliphatic rings. The van der Waals surface area contributed by atoms with Crippen LogP contribution in [0.3, 0.4) is 0 Å². The van der Waals surface area contributed by atoms with Crippen molar-refractivity contribution in [3.63, 3.8) is 0 Å². The molecular weight excluding hydrogens is 656 g/mol. The van der Waals surface area contributed by atoms with Crippen molar-refractivity contribution in [1.29, 1.82) is 0 Å². The van der Waals surface area contributed by atoms with E-state index in [2.05, 4.69) is 0 Å². The number of hydrogen-bond donors (Lipinski definition) is 10. The molecular formula is C32H58O17. The van der Waals surface area contributed by atoms with Crippen molar-refractivity contribution in [2.24, 2.45) is 0 Å². The second kappa shape index (κ2) is 20.8. The first kappa shape index (κ1) is 42.3. The Morgan fingerprint density at radius 1 is 0.612 bits per heavy atom. The number of rotatable bonds is 20. The Hall–Kier alpha value is -1.13. The van der Waals surface area contributed by atoms with E-state index < -0.39 is 111 Å². The number of aliphatic carboxylic acids is 1. The summed E-state index contributed by atoms with van der Waals surface area (Å²) in [6, 6.07) is 0. The molecule has 49 heavy (non-hydrogen) atoms. The molecule has 3 fully saturated rings. The first-order chi connectivity index (χ1) is 23.3. The molecule has 3 rings (SSSR count). The molecule has 3 heterocycles. The molecule has 3 aliphatic heterocycles. The van der Waals surface area contributed by atoms with Gasteiger partial charge < -0.3 is 79.5 Å². The average molecular weight is 715 g/mol. The fourth-order valence-corrected chi connectivity index (χ4v) is 6.38. The lowest BCUT2D eigenvalue weighted by atomic mass is 9.96. The number of carbonyl (C=O) groups is 1. The van der Waals surface area contributed by atoms with Gasteiger partial charge in [0.2, 0.25) is 0 Å². The Balaban J connectivity index is 1.73. The summed E-state index contributed by atoms with van der Waals surface area (Å²) in [6.45, 7) is 1.98. The van der Waals surface area contributed by atoms with E-state index in [-0.39, 0.29) is 12.5 Å². The van der Waals surface area contributed by atoms with E-state index in [1.807, 2.05) is 6.92 Å². The Kier molecular flexibility index (Phi) is 17.9. The SMILES string of the molecule is CCCC(CCCCCCCCCC(=O)O)OC1OC(CO)C(O)C(O)C1OC1OC(CO)C(O)C(O)C1OC1OC(C)C(O)C(O)C1O. The van der Waals surface area contributed by atoms with Gasteiger partial charge in [-0.2, -0.15) is 0 Å². The third kappa shape index (κ3) is 11.7. The summed E-state index contributed by atoms with van der Waals surface area (Å²) in [4.78, 5) is 10.7. The highest BCUT2D eigenvalue weighted by Crippen LogP contribution is 2.34. The molecule has 0 amide bonds. The zero-order chi connectivity index (χ0) is 36.2. The van der Waals surface area contributed by atoms with Crippen molar-refractivity contribution in [1.82, 2.24) is 0 Å². The predicted octanol–water partition coefficient (Wildman–Crippen LogP) is -1.76. The topological polar surface area (TPSA) is 275 Å². The maximum atomic E-state index is 11.2. The summed E-state index contributed by atoms with van der Waals surface area (Å²) in [6.07, 6.45) is -15.4. The highest BCUT2D eigenvalue weighted by atomic mass is 16.8. The summed E-state index contributed by atoms with van der Waals surface area (Å²) in [7, 11) is 0. The van der Waals surface area contributed by atoms with Gasteiger partial charge in [-0.05, 0) is 26.2 Å². The Morgan fingerprint density at radius 3 is 1.67 bits per heavy atom. The van der Waals surface area contributed by atoms with Gasteiger partial charge in [-0.15, -0.1) is 0 Å². The number of carboxylic acid groups (broad SMARTS) is 1. The monoisotopic (exact) mass is 714 g/mol. The highest BCUT2D eigenvalue weighted by Gasteiger charge is 2.54. The number of unbranched alkanes of at least 4 members (excludes halogenated alkanes) is 6. The number of ether oxygens (including phenoxy) is 6. The van der Waals surface area contributed by atoms with Crippen LogP contribution in [-0.2, 0) is 33.2 Å². The van der Waals surface area contributed by atoms with Crippen LogP contribution >= 0.6 is 0 Å². The second-order valence-corrected chi connectivity index (χ2v) is 13.3. The van der Waals surface area contributed by atoms with Crippen LogP contribution < -0.4 is 0 Å². The minimum absolute atomic E-state index is 0.171. The molecule has 0 spiro atoms. The molecule has 16 unspecified atom stereocenters. The fourth-order valence-electron chi connectivity index (χ4n) is 6.38. The normalized spacial score (nSPS) is 40.7. The molecule has 0 saturated carbocycles. The lowest BCUT2D eigenvalue weighted by Gasteiger charge is -2.48. The number of aliphatic hydroxyl groups is 9. The third-order valence-corrected chi connectivity index (χ3v) is 9.39. The van der Waals surface area contributed by atoms with Crippen molar-refractivity contribution in [3.8, 4) is 0 Å². The Labute approximate surface area is 286 Å². The largest absolute Gasteiger partial charge is 0.481 e. The van der Waals surface area contributed by atoms with Crippen LogP contribution in [0.15, 0.2) is 0 Å². The summed E-state index contributed by atoms with van der Waals surface area (Å²) in [5.74, 6) is -0.792. The number of aliphatic hydroxyl groups excluding tert-OH is 9. The van der Waals surface area contributed by atoms with E-state index in [0.717, 1.165) is 44.9 Å². The molecule has 17 nitrogen and oxygen atoms in total. The van der Waals surface area contributed by atoms with Gasteiger partial charge in [0, 0.05) is 6.42 Å². The van der Waals surface area contributed by atoms with E-state index in [0.29, 0.717) is 19.3 Å². The van der Waals surface area contributed by atoms with Crippen molar-refractivity contribution >= 4 is 5.97 Å². The van der Waals surface area contributed by atoms with E-state index >= 15 is 0 Å². The zero-order valence-electron chi connectivity index (χ0n) is 28.3.